The molecule has 0 radical (unpaired) electrons. The number of carboxylic acids is 1. The lowest BCUT2D eigenvalue weighted by molar-refractivity contribution is -0.137. The summed E-state index contributed by atoms with van der Waals surface area (Å²) < 4.78 is 0. The molecular formula is C19H34O2. The zero-order valence-electron chi connectivity index (χ0n) is 13.9. The standard InChI is InChI=1S/C19H34O2/c1-3-4-5-9-12-15-18(2)16-13-10-7-6-8-11-14-17-19(20)21/h6,8H,2-5,7,9-17H2,1H3,(H,20,21)/b8-6+. The number of carbonyl (C=O) groups is 1. The van der Waals surface area contributed by atoms with Gasteiger partial charge in [0.1, 0.15) is 0 Å². The molecule has 2 heteroatoms. The molecule has 0 aliphatic carbocycles. The number of hydrogen-bond donors (Lipinski definition) is 1. The van der Waals surface area contributed by atoms with Crippen LogP contribution in [0.5, 0.6) is 0 Å². The summed E-state index contributed by atoms with van der Waals surface area (Å²) in [4.78, 5) is 10.3. The van der Waals surface area contributed by atoms with Crippen molar-refractivity contribution in [3.05, 3.63) is 24.3 Å². The Morgan fingerprint density at radius 2 is 1.43 bits per heavy atom. The topological polar surface area (TPSA) is 37.3 Å². The molecular weight excluding hydrogens is 260 g/mol. The fraction of sp³-hybridized carbons (Fsp3) is 0.737. The van der Waals surface area contributed by atoms with Gasteiger partial charge in [0.05, 0.1) is 0 Å². The summed E-state index contributed by atoms with van der Waals surface area (Å²) in [6.07, 6.45) is 18.9. The lowest BCUT2D eigenvalue weighted by Gasteiger charge is -2.05. The highest BCUT2D eigenvalue weighted by Crippen LogP contribution is 2.15. The van der Waals surface area contributed by atoms with E-state index >= 15 is 0 Å². The summed E-state index contributed by atoms with van der Waals surface area (Å²) in [7, 11) is 0. The van der Waals surface area contributed by atoms with Gasteiger partial charge in [0.2, 0.25) is 0 Å². The van der Waals surface area contributed by atoms with E-state index in [1.807, 2.05) is 0 Å². The van der Waals surface area contributed by atoms with Crippen LogP contribution in [0.1, 0.15) is 90.4 Å². The molecule has 0 aromatic heterocycles. The highest BCUT2D eigenvalue weighted by atomic mass is 16.4. The fourth-order valence-electron chi connectivity index (χ4n) is 2.35. The molecule has 0 atom stereocenters. The lowest BCUT2D eigenvalue weighted by Crippen LogP contribution is -1.92. The number of unbranched alkanes of at least 4 members (excludes halogenated alkanes) is 7. The maximum absolute atomic E-state index is 10.3. The zero-order chi connectivity index (χ0) is 15.8. The van der Waals surface area contributed by atoms with Gasteiger partial charge in [-0.15, -0.1) is 0 Å². The van der Waals surface area contributed by atoms with Crippen molar-refractivity contribution < 1.29 is 9.90 Å². The van der Waals surface area contributed by atoms with Crippen LogP contribution < -0.4 is 0 Å². The van der Waals surface area contributed by atoms with Crippen molar-refractivity contribution in [1.82, 2.24) is 0 Å². The van der Waals surface area contributed by atoms with Crippen LogP contribution in [0, 0.1) is 0 Å². The van der Waals surface area contributed by atoms with E-state index in [1.165, 1.54) is 63.4 Å². The van der Waals surface area contributed by atoms with Crippen LogP contribution in [0.25, 0.3) is 0 Å². The van der Waals surface area contributed by atoms with Crippen molar-refractivity contribution in [2.24, 2.45) is 0 Å². The fourth-order valence-corrected chi connectivity index (χ4v) is 2.35. The van der Waals surface area contributed by atoms with Gasteiger partial charge in [-0.05, 0) is 51.4 Å². The maximum atomic E-state index is 10.3. The Labute approximate surface area is 131 Å². The first kappa shape index (κ1) is 19.9. The van der Waals surface area contributed by atoms with E-state index in [0.717, 1.165) is 19.3 Å². The first-order chi connectivity index (χ1) is 10.2. The Bertz CT molecular complexity index is 292. The van der Waals surface area contributed by atoms with Gasteiger partial charge in [0.25, 0.3) is 0 Å². The molecule has 0 bridgehead atoms. The third kappa shape index (κ3) is 16.9. The van der Waals surface area contributed by atoms with Crippen LogP contribution in [-0.2, 0) is 4.79 Å². The SMILES string of the molecule is C=C(CCCC/C=C/CCCC(=O)O)CCCCCCC. The minimum absolute atomic E-state index is 0.280. The molecule has 0 aromatic carbocycles. The summed E-state index contributed by atoms with van der Waals surface area (Å²) in [5, 5.41) is 8.51. The summed E-state index contributed by atoms with van der Waals surface area (Å²) in [6.45, 7) is 6.42. The van der Waals surface area contributed by atoms with Gasteiger partial charge in [-0.2, -0.15) is 0 Å². The molecule has 0 aromatic rings. The molecule has 0 heterocycles. The molecule has 0 saturated heterocycles. The second kappa shape index (κ2) is 15.3. The Morgan fingerprint density at radius 1 is 0.857 bits per heavy atom. The molecule has 0 saturated carbocycles. The van der Waals surface area contributed by atoms with E-state index < -0.39 is 5.97 Å². The normalized spacial score (nSPS) is 11.1. The van der Waals surface area contributed by atoms with Crippen molar-refractivity contribution in [2.75, 3.05) is 0 Å². The smallest absolute Gasteiger partial charge is 0.303 e. The first-order valence-corrected chi connectivity index (χ1v) is 8.70. The molecule has 0 amide bonds. The van der Waals surface area contributed by atoms with Crippen LogP contribution in [0.15, 0.2) is 24.3 Å². The first-order valence-electron chi connectivity index (χ1n) is 8.70. The van der Waals surface area contributed by atoms with E-state index in [9.17, 15) is 4.79 Å². The molecule has 2 nitrogen and oxygen atoms in total. The molecule has 0 aliphatic rings. The van der Waals surface area contributed by atoms with E-state index in [-0.39, 0.29) is 6.42 Å². The molecule has 0 fully saturated rings. The quantitative estimate of drug-likeness (QED) is 0.285. The van der Waals surface area contributed by atoms with Gasteiger partial charge < -0.3 is 5.11 Å². The van der Waals surface area contributed by atoms with Crippen molar-refractivity contribution >= 4 is 5.97 Å². The Hall–Kier alpha value is -1.05. The van der Waals surface area contributed by atoms with Crippen molar-refractivity contribution in [2.45, 2.75) is 90.4 Å². The van der Waals surface area contributed by atoms with Gasteiger partial charge >= 0.3 is 5.97 Å². The minimum atomic E-state index is -0.698. The van der Waals surface area contributed by atoms with Crippen LogP contribution >= 0.6 is 0 Å². The zero-order valence-corrected chi connectivity index (χ0v) is 13.9. The molecule has 21 heavy (non-hydrogen) atoms. The molecule has 0 unspecified atom stereocenters. The van der Waals surface area contributed by atoms with Crippen molar-refractivity contribution in [1.29, 1.82) is 0 Å². The molecule has 1 N–H and O–H groups in total. The molecule has 0 rings (SSSR count). The van der Waals surface area contributed by atoms with Gasteiger partial charge in [0.15, 0.2) is 0 Å². The monoisotopic (exact) mass is 294 g/mol. The Kier molecular flexibility index (Phi) is 14.6. The Balaban J connectivity index is 3.28. The molecule has 0 aliphatic heterocycles. The molecule has 122 valence electrons. The Morgan fingerprint density at radius 3 is 2.05 bits per heavy atom. The average molecular weight is 294 g/mol. The number of aliphatic carboxylic acids is 1. The van der Waals surface area contributed by atoms with Crippen LogP contribution in [-0.4, -0.2) is 11.1 Å². The number of allylic oxidation sites excluding steroid dienone is 3. The summed E-state index contributed by atoms with van der Waals surface area (Å²) in [5.41, 5.74) is 1.41. The number of carboxylic acid groups (broad SMARTS) is 1. The van der Waals surface area contributed by atoms with E-state index in [0.29, 0.717) is 0 Å². The average Bonchev–Trinajstić information content (AvgIpc) is 2.45. The highest BCUT2D eigenvalue weighted by Gasteiger charge is 1.96. The van der Waals surface area contributed by atoms with Crippen LogP contribution in [0.3, 0.4) is 0 Å². The van der Waals surface area contributed by atoms with E-state index in [1.54, 1.807) is 0 Å². The lowest BCUT2D eigenvalue weighted by atomic mass is 10.0. The predicted molar refractivity (Wildman–Crippen MR) is 91.6 cm³/mol. The number of hydrogen-bond acceptors (Lipinski definition) is 1. The van der Waals surface area contributed by atoms with E-state index in [2.05, 4.69) is 25.7 Å². The van der Waals surface area contributed by atoms with Crippen molar-refractivity contribution in [3.63, 3.8) is 0 Å². The maximum Gasteiger partial charge on any atom is 0.303 e. The highest BCUT2D eigenvalue weighted by molar-refractivity contribution is 5.66. The second-order valence-electron chi connectivity index (χ2n) is 5.92. The van der Waals surface area contributed by atoms with E-state index in [4.69, 9.17) is 5.11 Å². The van der Waals surface area contributed by atoms with Crippen molar-refractivity contribution in [3.8, 4) is 0 Å². The van der Waals surface area contributed by atoms with Gasteiger partial charge in [-0.25, -0.2) is 0 Å². The third-order valence-electron chi connectivity index (χ3n) is 3.71. The predicted octanol–water partition coefficient (Wildman–Crippen LogP) is 6.27. The number of rotatable bonds is 15. The summed E-state index contributed by atoms with van der Waals surface area (Å²) in [5.74, 6) is -0.698. The second-order valence-corrected chi connectivity index (χ2v) is 5.92. The largest absolute Gasteiger partial charge is 0.481 e. The van der Waals surface area contributed by atoms with Gasteiger partial charge in [-0.3, -0.25) is 4.79 Å². The van der Waals surface area contributed by atoms with Crippen LogP contribution in [0.2, 0.25) is 0 Å². The minimum Gasteiger partial charge on any atom is -0.481 e. The van der Waals surface area contributed by atoms with Gasteiger partial charge in [0, 0.05) is 6.42 Å². The molecule has 0 spiro atoms. The third-order valence-corrected chi connectivity index (χ3v) is 3.71. The summed E-state index contributed by atoms with van der Waals surface area (Å²) in [6, 6.07) is 0. The summed E-state index contributed by atoms with van der Waals surface area (Å²) >= 11 is 0. The van der Waals surface area contributed by atoms with Crippen LogP contribution in [0.4, 0.5) is 0 Å². The van der Waals surface area contributed by atoms with Gasteiger partial charge in [-0.1, -0.05) is 56.9 Å².